The number of carbonyl (C=O) groups excluding carboxylic acids is 2. The topological polar surface area (TPSA) is 61.4 Å². The fourth-order valence-corrected chi connectivity index (χ4v) is 3.71. The molecule has 1 aliphatic rings. The van der Waals surface area contributed by atoms with Gasteiger partial charge in [0.1, 0.15) is 0 Å². The molecule has 0 fully saturated rings. The van der Waals surface area contributed by atoms with Crippen molar-refractivity contribution in [3.63, 3.8) is 0 Å². The molecule has 2 atom stereocenters. The zero-order valence-corrected chi connectivity index (χ0v) is 17.7. The van der Waals surface area contributed by atoms with Gasteiger partial charge in [-0.25, -0.2) is 5.01 Å². The van der Waals surface area contributed by atoms with Crippen molar-refractivity contribution in [3.05, 3.63) is 54.1 Å². The molecule has 5 heteroatoms. The highest BCUT2D eigenvalue weighted by Crippen LogP contribution is 2.39. The van der Waals surface area contributed by atoms with E-state index in [9.17, 15) is 9.59 Å². The van der Waals surface area contributed by atoms with Crippen molar-refractivity contribution in [1.82, 2.24) is 10.7 Å². The summed E-state index contributed by atoms with van der Waals surface area (Å²) in [5, 5.41) is 4.69. The molecule has 1 unspecified atom stereocenters. The summed E-state index contributed by atoms with van der Waals surface area (Å²) in [4.78, 5) is 26.1. The number of carbonyl (C=O) groups is 2. The lowest BCUT2D eigenvalue weighted by molar-refractivity contribution is -0.127. The highest BCUT2D eigenvalue weighted by atomic mass is 16.2. The molecular weight excluding hydrogens is 362 g/mol. The monoisotopic (exact) mass is 393 g/mol. The zero-order chi connectivity index (χ0) is 21.0. The molecule has 3 rings (SSSR count). The molecule has 29 heavy (non-hydrogen) atoms. The van der Waals surface area contributed by atoms with Crippen LogP contribution in [0.5, 0.6) is 0 Å². The van der Waals surface area contributed by atoms with Gasteiger partial charge in [0.2, 0.25) is 0 Å². The molecule has 2 amide bonds. The van der Waals surface area contributed by atoms with Crippen LogP contribution < -0.4 is 15.8 Å². The highest BCUT2D eigenvalue weighted by molar-refractivity contribution is 6.06. The van der Waals surface area contributed by atoms with Crippen LogP contribution in [0.1, 0.15) is 52.0 Å². The molecule has 5 nitrogen and oxygen atoms in total. The van der Waals surface area contributed by atoms with E-state index in [2.05, 4.69) is 24.6 Å². The van der Waals surface area contributed by atoms with Crippen LogP contribution in [0.15, 0.2) is 48.5 Å². The van der Waals surface area contributed by atoms with Crippen LogP contribution in [0.4, 0.5) is 5.69 Å². The van der Waals surface area contributed by atoms with Gasteiger partial charge in [-0.3, -0.25) is 15.0 Å². The van der Waals surface area contributed by atoms with E-state index in [1.807, 2.05) is 62.4 Å². The van der Waals surface area contributed by atoms with Gasteiger partial charge in [0.05, 0.1) is 17.6 Å². The molecule has 1 heterocycles. The minimum atomic E-state index is -0.386. The number of amides is 2. The standard InChI is InChI=1S/C24H31N3O2/c1-16(2)10-9-15-25-18(4)23(28)26-27-22-14-8-7-13-21(22)20-12-6-5-11-19(20)17(3)24(27)29/h5-8,11-14,16-18,25H,9-10,15H2,1-4H3,(H,26,28)/t17?,18-/m0/s1. The van der Waals surface area contributed by atoms with Crippen molar-refractivity contribution in [2.75, 3.05) is 11.6 Å². The number of nitrogens with one attached hydrogen (secondary N) is 2. The quantitative estimate of drug-likeness (QED) is 0.692. The summed E-state index contributed by atoms with van der Waals surface area (Å²) in [5.41, 5.74) is 6.51. The van der Waals surface area contributed by atoms with Crippen LogP contribution in [0.3, 0.4) is 0 Å². The van der Waals surface area contributed by atoms with Gasteiger partial charge in [0, 0.05) is 5.56 Å². The van der Waals surface area contributed by atoms with E-state index in [1.165, 1.54) is 5.01 Å². The van der Waals surface area contributed by atoms with Crippen molar-refractivity contribution in [2.45, 2.75) is 52.5 Å². The number of rotatable bonds is 7. The third-order valence-corrected chi connectivity index (χ3v) is 5.48. The summed E-state index contributed by atoms with van der Waals surface area (Å²) < 4.78 is 0. The van der Waals surface area contributed by atoms with Gasteiger partial charge in [-0.2, -0.15) is 0 Å². The van der Waals surface area contributed by atoms with Gasteiger partial charge in [0.15, 0.2) is 0 Å². The number of anilines is 1. The van der Waals surface area contributed by atoms with Crippen molar-refractivity contribution in [2.24, 2.45) is 5.92 Å². The molecule has 0 saturated carbocycles. The van der Waals surface area contributed by atoms with Crippen LogP contribution in [-0.2, 0) is 9.59 Å². The van der Waals surface area contributed by atoms with Crippen molar-refractivity contribution in [3.8, 4) is 11.1 Å². The van der Waals surface area contributed by atoms with E-state index in [4.69, 9.17) is 0 Å². The first-order valence-corrected chi connectivity index (χ1v) is 10.5. The summed E-state index contributed by atoms with van der Waals surface area (Å²) in [6.07, 6.45) is 2.14. The first-order valence-electron chi connectivity index (χ1n) is 10.5. The SMILES string of the molecule is CC(C)CCCN[C@@H](C)C(=O)NN1C(=O)C(C)c2ccccc2-c2ccccc21. The average Bonchev–Trinajstić information content (AvgIpc) is 2.81. The van der Waals surface area contributed by atoms with Gasteiger partial charge in [0.25, 0.3) is 11.8 Å². The van der Waals surface area contributed by atoms with E-state index in [-0.39, 0.29) is 23.8 Å². The summed E-state index contributed by atoms with van der Waals surface area (Å²) in [6, 6.07) is 15.3. The molecule has 0 radical (unpaired) electrons. The number of hydrogen-bond acceptors (Lipinski definition) is 3. The summed E-state index contributed by atoms with van der Waals surface area (Å²) in [6.45, 7) is 8.88. The largest absolute Gasteiger partial charge is 0.306 e. The highest BCUT2D eigenvalue weighted by Gasteiger charge is 2.32. The Hall–Kier alpha value is -2.66. The maximum Gasteiger partial charge on any atom is 0.255 e. The molecular formula is C24H31N3O2. The Morgan fingerprint density at radius 1 is 1.03 bits per heavy atom. The van der Waals surface area contributed by atoms with E-state index >= 15 is 0 Å². The molecule has 2 aromatic carbocycles. The Bertz CT molecular complexity index is 878. The Kier molecular flexibility index (Phi) is 6.70. The number of hydrogen-bond donors (Lipinski definition) is 2. The van der Waals surface area contributed by atoms with Crippen LogP contribution in [-0.4, -0.2) is 24.4 Å². The Balaban J connectivity index is 1.81. The van der Waals surface area contributed by atoms with Crippen LogP contribution >= 0.6 is 0 Å². The van der Waals surface area contributed by atoms with E-state index in [1.54, 1.807) is 0 Å². The first kappa shape index (κ1) is 21.1. The molecule has 0 aromatic heterocycles. The molecule has 2 aromatic rings. The Morgan fingerprint density at radius 2 is 1.69 bits per heavy atom. The second-order valence-corrected chi connectivity index (χ2v) is 8.19. The number of fused-ring (bicyclic) bond motifs is 3. The van der Waals surface area contributed by atoms with Crippen LogP contribution in [0, 0.1) is 5.92 Å². The lowest BCUT2D eigenvalue weighted by Crippen LogP contribution is -2.53. The molecule has 0 bridgehead atoms. The molecule has 154 valence electrons. The van der Waals surface area contributed by atoms with Crippen LogP contribution in [0.2, 0.25) is 0 Å². The number of nitrogens with zero attached hydrogens (tertiary/aromatic N) is 1. The summed E-state index contributed by atoms with van der Waals surface area (Å²) in [5.74, 6) is -0.0536. The van der Waals surface area contributed by atoms with Crippen molar-refractivity contribution < 1.29 is 9.59 Å². The van der Waals surface area contributed by atoms with Crippen molar-refractivity contribution in [1.29, 1.82) is 0 Å². The van der Waals surface area contributed by atoms with E-state index < -0.39 is 0 Å². The number of benzene rings is 2. The lowest BCUT2D eigenvalue weighted by Gasteiger charge is -2.27. The summed E-state index contributed by atoms with van der Waals surface area (Å²) >= 11 is 0. The van der Waals surface area contributed by atoms with Crippen molar-refractivity contribution >= 4 is 17.5 Å². The number of hydrazine groups is 1. The zero-order valence-electron chi connectivity index (χ0n) is 17.7. The summed E-state index contributed by atoms with van der Waals surface area (Å²) in [7, 11) is 0. The third-order valence-electron chi connectivity index (χ3n) is 5.48. The predicted octanol–water partition coefficient (Wildman–Crippen LogP) is 4.25. The van der Waals surface area contributed by atoms with Gasteiger partial charge in [-0.15, -0.1) is 0 Å². The third kappa shape index (κ3) is 4.67. The van der Waals surface area contributed by atoms with E-state index in [0.29, 0.717) is 11.6 Å². The minimum Gasteiger partial charge on any atom is -0.306 e. The lowest BCUT2D eigenvalue weighted by atomic mass is 9.92. The van der Waals surface area contributed by atoms with Gasteiger partial charge < -0.3 is 5.32 Å². The van der Waals surface area contributed by atoms with Crippen LogP contribution in [0.25, 0.3) is 11.1 Å². The molecule has 1 aliphatic heterocycles. The smallest absolute Gasteiger partial charge is 0.255 e. The molecule has 2 N–H and O–H groups in total. The minimum absolute atomic E-state index is 0.136. The molecule has 0 saturated heterocycles. The van der Waals surface area contributed by atoms with Gasteiger partial charge >= 0.3 is 0 Å². The molecule has 0 aliphatic carbocycles. The normalized spacial score (nSPS) is 16.8. The maximum atomic E-state index is 13.3. The fraction of sp³-hybridized carbons (Fsp3) is 0.417. The molecule has 0 spiro atoms. The second kappa shape index (κ2) is 9.23. The first-order chi connectivity index (χ1) is 13.9. The maximum absolute atomic E-state index is 13.3. The number of para-hydroxylation sites is 1. The van der Waals surface area contributed by atoms with Gasteiger partial charge in [-0.1, -0.05) is 56.3 Å². The fourth-order valence-electron chi connectivity index (χ4n) is 3.71. The average molecular weight is 394 g/mol. The Labute approximate surface area is 173 Å². The predicted molar refractivity (Wildman–Crippen MR) is 117 cm³/mol. The van der Waals surface area contributed by atoms with E-state index in [0.717, 1.165) is 36.1 Å². The van der Waals surface area contributed by atoms with Gasteiger partial charge in [-0.05, 0) is 56.3 Å². The second-order valence-electron chi connectivity index (χ2n) is 8.19. The Morgan fingerprint density at radius 3 is 2.41 bits per heavy atom.